The van der Waals surface area contributed by atoms with E-state index in [2.05, 4.69) is 5.10 Å². The fraction of sp³-hybridized carbons (Fsp3) is 0.400. The van der Waals surface area contributed by atoms with Gasteiger partial charge in [-0.3, -0.25) is 19.2 Å². The van der Waals surface area contributed by atoms with Crippen LogP contribution >= 0.6 is 11.8 Å². The topological polar surface area (TPSA) is 84.7 Å². The van der Waals surface area contributed by atoms with Crippen molar-refractivity contribution in [3.8, 4) is 0 Å². The summed E-state index contributed by atoms with van der Waals surface area (Å²) in [6, 6.07) is 5.93. The summed E-state index contributed by atoms with van der Waals surface area (Å²) in [5.74, 6) is -0.460. The van der Waals surface area contributed by atoms with Crippen LogP contribution in [0.5, 0.6) is 0 Å². The molecule has 2 fully saturated rings. The number of thioether (sulfide) groups is 1. The number of halogens is 6. The summed E-state index contributed by atoms with van der Waals surface area (Å²) in [5, 5.41) is 4.22. The lowest BCUT2D eigenvalue weighted by molar-refractivity contribution is -0.143. The van der Waals surface area contributed by atoms with Crippen molar-refractivity contribution < 1.29 is 45.5 Å². The Bertz CT molecular complexity index is 1680. The highest BCUT2D eigenvalue weighted by atomic mass is 32.2. The molecule has 0 N–H and O–H groups in total. The maximum atomic E-state index is 13.6. The van der Waals surface area contributed by atoms with Crippen molar-refractivity contribution in [3.05, 3.63) is 69.8 Å². The van der Waals surface area contributed by atoms with Crippen LogP contribution in [-0.2, 0) is 28.4 Å². The Hall–Kier alpha value is -4.01. The molecular formula is C30H28F6N4O4S. The quantitative estimate of drug-likeness (QED) is 0.213. The van der Waals surface area contributed by atoms with Gasteiger partial charge in [0.05, 0.1) is 34.3 Å². The number of carbonyl (C=O) groups excluding carboxylic acids is 3. The molecule has 0 unspecified atom stereocenters. The average molecular weight is 655 g/mol. The molecule has 2 aliphatic rings. The van der Waals surface area contributed by atoms with Gasteiger partial charge in [-0.25, -0.2) is 4.79 Å². The minimum Gasteiger partial charge on any atom is -0.444 e. The number of benzene rings is 2. The van der Waals surface area contributed by atoms with Gasteiger partial charge in [0.15, 0.2) is 0 Å². The first-order chi connectivity index (χ1) is 20.9. The van der Waals surface area contributed by atoms with Crippen molar-refractivity contribution in [3.63, 3.8) is 0 Å². The van der Waals surface area contributed by atoms with Crippen molar-refractivity contribution in [1.82, 2.24) is 19.6 Å². The molecule has 240 valence electrons. The second kappa shape index (κ2) is 11.7. The Morgan fingerprint density at radius 1 is 1.00 bits per heavy atom. The average Bonchev–Trinajstić information content (AvgIpc) is 3.45. The molecule has 15 heteroatoms. The van der Waals surface area contributed by atoms with Crippen LogP contribution in [0.2, 0.25) is 0 Å². The smallest absolute Gasteiger partial charge is 0.416 e. The second-order valence-electron chi connectivity index (χ2n) is 11.7. The van der Waals surface area contributed by atoms with Crippen molar-refractivity contribution in [2.75, 3.05) is 13.1 Å². The van der Waals surface area contributed by atoms with E-state index in [1.807, 2.05) is 0 Å². The highest BCUT2D eigenvalue weighted by molar-refractivity contribution is 8.18. The van der Waals surface area contributed by atoms with E-state index < -0.39 is 52.9 Å². The van der Waals surface area contributed by atoms with Crippen LogP contribution in [0, 0.1) is 0 Å². The Morgan fingerprint density at radius 2 is 1.69 bits per heavy atom. The molecule has 45 heavy (non-hydrogen) atoms. The number of likely N-dealkylation sites (tertiary alicyclic amines) is 1. The number of rotatable bonds is 4. The van der Waals surface area contributed by atoms with Gasteiger partial charge in [0.2, 0.25) is 0 Å². The Morgan fingerprint density at radius 3 is 2.31 bits per heavy atom. The Labute approximate surface area is 258 Å². The molecule has 1 aromatic heterocycles. The van der Waals surface area contributed by atoms with Gasteiger partial charge in [-0.05, 0) is 86.8 Å². The number of hydrogen-bond acceptors (Lipinski definition) is 6. The van der Waals surface area contributed by atoms with Crippen molar-refractivity contribution >= 4 is 46.0 Å². The van der Waals surface area contributed by atoms with Crippen molar-refractivity contribution in [2.24, 2.45) is 0 Å². The normalized spacial score (nSPS) is 18.0. The van der Waals surface area contributed by atoms with Crippen molar-refractivity contribution in [2.45, 2.75) is 64.2 Å². The molecule has 2 aliphatic heterocycles. The number of imide groups is 1. The number of hydrogen-bond donors (Lipinski definition) is 0. The zero-order chi connectivity index (χ0) is 32.9. The van der Waals surface area contributed by atoms with E-state index in [0.29, 0.717) is 48.5 Å². The molecule has 3 heterocycles. The molecular weight excluding hydrogens is 626 g/mol. The molecule has 0 saturated carbocycles. The largest absolute Gasteiger partial charge is 0.444 e. The van der Waals surface area contributed by atoms with E-state index >= 15 is 0 Å². The van der Waals surface area contributed by atoms with Crippen LogP contribution in [0.1, 0.15) is 55.9 Å². The van der Waals surface area contributed by atoms with Crippen LogP contribution in [0.25, 0.3) is 17.0 Å². The van der Waals surface area contributed by atoms with Gasteiger partial charge in [0, 0.05) is 24.5 Å². The summed E-state index contributed by atoms with van der Waals surface area (Å²) in [6.45, 7) is 5.54. The third kappa shape index (κ3) is 7.13. The first kappa shape index (κ1) is 32.4. The lowest BCUT2D eigenvalue weighted by Crippen LogP contribution is -2.49. The van der Waals surface area contributed by atoms with E-state index in [-0.39, 0.29) is 22.6 Å². The minimum atomic E-state index is -5.01. The molecule has 0 radical (unpaired) electrons. The van der Waals surface area contributed by atoms with Gasteiger partial charge >= 0.3 is 18.4 Å². The number of alkyl halides is 6. The van der Waals surface area contributed by atoms with Gasteiger partial charge < -0.3 is 9.64 Å². The summed E-state index contributed by atoms with van der Waals surface area (Å²) in [5.41, 5.74) is -2.86. The van der Waals surface area contributed by atoms with E-state index in [4.69, 9.17) is 4.74 Å². The van der Waals surface area contributed by atoms with Gasteiger partial charge in [-0.1, -0.05) is 12.1 Å². The van der Waals surface area contributed by atoms with E-state index in [9.17, 15) is 40.7 Å². The summed E-state index contributed by atoms with van der Waals surface area (Å²) < 4.78 is 86.7. The van der Waals surface area contributed by atoms with Crippen LogP contribution in [0.3, 0.4) is 0 Å². The molecule has 8 nitrogen and oxygen atoms in total. The van der Waals surface area contributed by atoms with Crippen LogP contribution in [0.15, 0.2) is 47.5 Å². The first-order valence-corrected chi connectivity index (χ1v) is 14.7. The number of carbonyl (C=O) groups is 3. The summed E-state index contributed by atoms with van der Waals surface area (Å²) >= 11 is 0.790. The molecule has 0 bridgehead atoms. The number of aromatic nitrogens is 2. The highest BCUT2D eigenvalue weighted by Gasteiger charge is 2.42. The van der Waals surface area contributed by atoms with Crippen LogP contribution in [-0.4, -0.2) is 61.6 Å². The molecule has 3 aromatic rings. The number of piperidine rings is 1. The third-order valence-corrected chi connectivity index (χ3v) is 8.21. The summed E-state index contributed by atoms with van der Waals surface area (Å²) in [6.07, 6.45) is -6.64. The second-order valence-corrected chi connectivity index (χ2v) is 12.7. The number of nitrogens with zero attached hydrogens (tertiary/aromatic N) is 4. The molecule has 5 rings (SSSR count). The highest BCUT2D eigenvalue weighted by Crippen LogP contribution is 2.39. The Kier molecular flexibility index (Phi) is 8.44. The van der Waals surface area contributed by atoms with Crippen LogP contribution in [0.4, 0.5) is 35.9 Å². The number of fused-ring (bicyclic) bond motifs is 1. The maximum Gasteiger partial charge on any atom is 0.416 e. The lowest BCUT2D eigenvalue weighted by atomic mass is 10.0. The predicted molar refractivity (Wildman–Crippen MR) is 154 cm³/mol. The molecule has 0 atom stereocenters. The van der Waals surface area contributed by atoms with Gasteiger partial charge in [0.1, 0.15) is 5.60 Å². The van der Waals surface area contributed by atoms with Gasteiger partial charge in [-0.15, -0.1) is 0 Å². The van der Waals surface area contributed by atoms with E-state index in [1.54, 1.807) is 43.9 Å². The fourth-order valence-electron chi connectivity index (χ4n) is 5.22. The third-order valence-electron chi connectivity index (χ3n) is 7.33. The zero-order valence-corrected chi connectivity index (χ0v) is 25.1. The minimum absolute atomic E-state index is 0.0938. The molecule has 0 aliphatic carbocycles. The standard InChI is InChI=1S/C30H28F6N4O4S/c1-28(2,3)44-26(42)38-10-8-21(9-11-38)40-25(41)24(45-27(40)43)13-17-4-7-23-19(12-17)15-37-39(23)16-18-5-6-20(29(31,32)33)14-22(18)30(34,35)36/h4-7,12-15,21H,8-11,16H2,1-3H3/b24-13-. The number of ether oxygens (including phenoxy) is 1. The fourth-order valence-corrected chi connectivity index (χ4v) is 6.12. The maximum absolute atomic E-state index is 13.6. The molecule has 2 aromatic carbocycles. The van der Waals surface area contributed by atoms with Crippen molar-refractivity contribution in [1.29, 1.82) is 0 Å². The van der Waals surface area contributed by atoms with E-state index in [0.717, 1.165) is 17.8 Å². The summed E-state index contributed by atoms with van der Waals surface area (Å²) in [7, 11) is 0. The SMILES string of the molecule is CC(C)(C)OC(=O)N1CCC(N2C(=O)S/C(=C\c3ccc4c(cnn4Cc4ccc(C(F)(F)F)cc4C(F)(F)F)c3)C2=O)CC1. The van der Waals surface area contributed by atoms with Gasteiger partial charge in [0.25, 0.3) is 11.1 Å². The first-order valence-electron chi connectivity index (χ1n) is 13.9. The molecule has 0 spiro atoms. The zero-order valence-electron chi connectivity index (χ0n) is 24.3. The molecule has 3 amide bonds. The summed E-state index contributed by atoms with van der Waals surface area (Å²) in [4.78, 5) is 41.4. The monoisotopic (exact) mass is 654 g/mol. The Balaban J connectivity index is 1.30. The lowest BCUT2D eigenvalue weighted by Gasteiger charge is -2.36. The predicted octanol–water partition coefficient (Wildman–Crippen LogP) is 7.56. The molecule has 2 saturated heterocycles. The number of amides is 3. The van der Waals surface area contributed by atoms with Gasteiger partial charge in [-0.2, -0.15) is 31.4 Å². The van der Waals surface area contributed by atoms with E-state index in [1.165, 1.54) is 21.9 Å². The van der Waals surface area contributed by atoms with Crippen LogP contribution < -0.4 is 0 Å².